The Kier molecular flexibility index (Phi) is 8.62. The van der Waals surface area contributed by atoms with Crippen LogP contribution in [0.4, 0.5) is 15.8 Å². The molecule has 3 aliphatic rings. The lowest BCUT2D eigenvalue weighted by Crippen LogP contribution is -2.57. The predicted octanol–water partition coefficient (Wildman–Crippen LogP) is 4.20. The lowest BCUT2D eigenvalue weighted by atomic mass is 9.68. The Bertz CT molecular complexity index is 1170. The molecule has 5 rings (SSSR count). The van der Waals surface area contributed by atoms with Crippen LogP contribution < -0.4 is 20.9 Å². The third-order valence-electron chi connectivity index (χ3n) is 7.78. The summed E-state index contributed by atoms with van der Waals surface area (Å²) in [6, 6.07) is 7.10. The minimum atomic E-state index is -0.704. The highest BCUT2D eigenvalue weighted by Crippen LogP contribution is 2.40. The zero-order valence-corrected chi connectivity index (χ0v) is 22.6. The molecule has 2 saturated carbocycles. The van der Waals surface area contributed by atoms with E-state index in [1.165, 1.54) is 41.2 Å². The Morgan fingerprint density at radius 1 is 1.13 bits per heavy atom. The van der Waals surface area contributed by atoms with E-state index in [-0.39, 0.29) is 54.8 Å². The Hall–Kier alpha value is -2.53. The summed E-state index contributed by atoms with van der Waals surface area (Å²) >= 11 is 7.15. The van der Waals surface area contributed by atoms with Crippen LogP contribution in [0.2, 0.25) is 4.34 Å². The first-order valence-corrected chi connectivity index (χ1v) is 14.4. The van der Waals surface area contributed by atoms with Crippen LogP contribution in [0.1, 0.15) is 48.2 Å². The fourth-order valence-electron chi connectivity index (χ4n) is 5.24. The van der Waals surface area contributed by atoms with Crippen LogP contribution in [0.5, 0.6) is 0 Å². The van der Waals surface area contributed by atoms with Gasteiger partial charge in [0, 0.05) is 24.8 Å². The smallest absolute Gasteiger partial charge is 0.261 e. The molecule has 11 heteroatoms. The average Bonchev–Trinajstić information content (AvgIpc) is 3.26. The molecule has 3 amide bonds. The van der Waals surface area contributed by atoms with Gasteiger partial charge in [-0.1, -0.05) is 24.4 Å². The van der Waals surface area contributed by atoms with E-state index >= 15 is 0 Å². The van der Waals surface area contributed by atoms with Gasteiger partial charge in [-0.15, -0.1) is 11.3 Å². The molecule has 0 unspecified atom stereocenters. The number of amides is 3. The second-order valence-electron chi connectivity index (χ2n) is 10.2. The van der Waals surface area contributed by atoms with Gasteiger partial charge in [0.1, 0.15) is 18.5 Å². The molecule has 38 heavy (non-hydrogen) atoms. The molecule has 3 fully saturated rings. The maximum atomic E-state index is 15.0. The monoisotopic (exact) mass is 562 g/mol. The number of carbonyl (C=O) groups is 3. The van der Waals surface area contributed by atoms with E-state index in [4.69, 9.17) is 16.3 Å². The normalized spacial score (nSPS) is 19.1. The van der Waals surface area contributed by atoms with Gasteiger partial charge in [-0.2, -0.15) is 0 Å². The van der Waals surface area contributed by atoms with Crippen molar-refractivity contribution in [2.24, 2.45) is 11.8 Å². The van der Waals surface area contributed by atoms with Crippen LogP contribution in [0.15, 0.2) is 30.3 Å². The van der Waals surface area contributed by atoms with Gasteiger partial charge in [0.15, 0.2) is 0 Å². The Labute approximate surface area is 230 Å². The number of anilines is 2. The van der Waals surface area contributed by atoms with Crippen molar-refractivity contribution in [2.75, 3.05) is 36.5 Å². The van der Waals surface area contributed by atoms with Crippen molar-refractivity contribution in [1.29, 1.82) is 0 Å². The summed E-state index contributed by atoms with van der Waals surface area (Å²) in [5, 5.41) is 9.23. The van der Waals surface area contributed by atoms with Crippen molar-refractivity contribution in [3.8, 4) is 0 Å². The fourth-order valence-corrected chi connectivity index (χ4v) is 6.20. The molecule has 204 valence electrons. The number of rotatable bonds is 10. The zero-order chi connectivity index (χ0) is 26.6. The first-order chi connectivity index (χ1) is 18.4. The number of hydrogen-bond donors (Lipinski definition) is 3. The van der Waals surface area contributed by atoms with Crippen molar-refractivity contribution in [2.45, 2.75) is 50.6 Å². The topological polar surface area (TPSA) is 99.8 Å². The van der Waals surface area contributed by atoms with Gasteiger partial charge in [0.2, 0.25) is 5.91 Å². The molecule has 1 aromatic carbocycles. The number of hydrogen-bond acceptors (Lipinski definition) is 6. The minimum Gasteiger partial charge on any atom is -0.370 e. The van der Waals surface area contributed by atoms with Gasteiger partial charge < -0.3 is 25.6 Å². The molecule has 2 aromatic rings. The molecule has 2 heterocycles. The zero-order valence-electron chi connectivity index (χ0n) is 21.0. The highest BCUT2D eigenvalue weighted by molar-refractivity contribution is 7.18. The number of thiophene rings is 1. The first kappa shape index (κ1) is 27.1. The molecule has 0 spiro atoms. The van der Waals surface area contributed by atoms with Gasteiger partial charge in [-0.25, -0.2) is 4.39 Å². The van der Waals surface area contributed by atoms with Gasteiger partial charge in [0.25, 0.3) is 11.8 Å². The summed E-state index contributed by atoms with van der Waals surface area (Å²) in [6.07, 6.45) is 6.93. The maximum Gasteiger partial charge on any atom is 0.261 e. The molecule has 2 aliphatic carbocycles. The second-order valence-corrected chi connectivity index (χ2v) is 11.9. The molecule has 0 bridgehead atoms. The second kappa shape index (κ2) is 12.1. The largest absolute Gasteiger partial charge is 0.370 e. The van der Waals surface area contributed by atoms with Gasteiger partial charge >= 0.3 is 0 Å². The Morgan fingerprint density at radius 2 is 1.87 bits per heavy atom. The molecule has 8 nitrogen and oxygen atoms in total. The van der Waals surface area contributed by atoms with Crippen molar-refractivity contribution in [1.82, 2.24) is 10.6 Å². The van der Waals surface area contributed by atoms with Crippen LogP contribution in [0.25, 0.3) is 0 Å². The molecule has 1 aliphatic heterocycles. The number of halogens is 2. The standard InChI is InChI=1S/C27H32ClFN4O4S/c28-23-10-9-22(38-23)27(36)30-14-20(32-25(16-3-1-4-16)17-5-2-6-17)26(35)31-18-7-8-21(19(29)13-18)33-11-12-37-15-24(33)34/h7-10,13,16-17,20,25,32H,1-6,11-12,14-15H2,(H,30,36)(H,31,35)/t20-/m1/s1. The predicted molar refractivity (Wildman–Crippen MR) is 145 cm³/mol. The summed E-state index contributed by atoms with van der Waals surface area (Å²) < 4.78 is 20.6. The van der Waals surface area contributed by atoms with E-state index in [1.807, 2.05) is 0 Å². The summed E-state index contributed by atoms with van der Waals surface area (Å²) in [4.78, 5) is 40.1. The summed E-state index contributed by atoms with van der Waals surface area (Å²) in [6.45, 7) is 0.604. The summed E-state index contributed by atoms with van der Waals surface area (Å²) in [5.41, 5.74) is 0.437. The number of ether oxygens (including phenoxy) is 1. The van der Waals surface area contributed by atoms with Gasteiger partial charge in [0.05, 0.1) is 21.5 Å². The van der Waals surface area contributed by atoms with E-state index in [9.17, 15) is 18.8 Å². The number of nitrogens with zero attached hydrogens (tertiary/aromatic N) is 1. The van der Waals surface area contributed by atoms with E-state index in [1.54, 1.807) is 18.2 Å². The minimum absolute atomic E-state index is 0.0823. The van der Waals surface area contributed by atoms with Crippen molar-refractivity contribution >= 4 is 52.0 Å². The Balaban J connectivity index is 1.29. The molecule has 1 atom stereocenters. The van der Waals surface area contributed by atoms with E-state index < -0.39 is 11.9 Å². The third-order valence-corrected chi connectivity index (χ3v) is 9.01. The highest BCUT2D eigenvalue weighted by atomic mass is 35.5. The molecule has 1 saturated heterocycles. The number of benzene rings is 1. The van der Waals surface area contributed by atoms with Crippen molar-refractivity contribution in [3.63, 3.8) is 0 Å². The van der Waals surface area contributed by atoms with Crippen molar-refractivity contribution in [3.05, 3.63) is 45.4 Å². The Morgan fingerprint density at radius 3 is 2.45 bits per heavy atom. The van der Waals surface area contributed by atoms with E-state index in [2.05, 4.69) is 16.0 Å². The molecular formula is C27H32ClFN4O4S. The summed E-state index contributed by atoms with van der Waals surface area (Å²) in [7, 11) is 0. The van der Waals surface area contributed by atoms with E-state index in [0.717, 1.165) is 25.7 Å². The summed E-state index contributed by atoms with van der Waals surface area (Å²) in [5.74, 6) is -0.525. The van der Waals surface area contributed by atoms with Crippen molar-refractivity contribution < 1.29 is 23.5 Å². The first-order valence-electron chi connectivity index (χ1n) is 13.2. The van der Waals surface area contributed by atoms with Crippen LogP contribution >= 0.6 is 22.9 Å². The van der Waals surface area contributed by atoms with Gasteiger partial charge in [-0.3, -0.25) is 14.4 Å². The lowest BCUT2D eigenvalue weighted by Gasteiger charge is -2.44. The SMILES string of the molecule is O=C(NC[C@@H](NC(C1CCC1)C1CCC1)C(=O)Nc1ccc(N2CCOCC2=O)c(F)c1)c1ccc(Cl)s1. The lowest BCUT2D eigenvalue weighted by molar-refractivity contribution is -0.125. The van der Waals surface area contributed by atoms with Crippen LogP contribution in [0, 0.1) is 17.7 Å². The number of morpholine rings is 1. The van der Waals surface area contributed by atoms with Crippen LogP contribution in [0.3, 0.4) is 0 Å². The number of nitrogens with one attached hydrogen (secondary N) is 3. The number of carbonyl (C=O) groups excluding carboxylic acids is 3. The molecule has 1 aromatic heterocycles. The maximum absolute atomic E-state index is 15.0. The molecule has 0 radical (unpaired) electrons. The highest BCUT2D eigenvalue weighted by Gasteiger charge is 2.38. The molecule has 3 N–H and O–H groups in total. The fraction of sp³-hybridized carbons (Fsp3) is 0.519. The van der Waals surface area contributed by atoms with Gasteiger partial charge in [-0.05, 0) is 67.9 Å². The van der Waals surface area contributed by atoms with E-state index in [0.29, 0.717) is 27.7 Å². The third kappa shape index (κ3) is 6.20. The quantitative estimate of drug-likeness (QED) is 0.403. The van der Waals surface area contributed by atoms with Crippen LogP contribution in [-0.2, 0) is 14.3 Å². The molecular weight excluding hydrogens is 531 g/mol. The average molecular weight is 563 g/mol. The van der Waals surface area contributed by atoms with Crippen LogP contribution in [-0.4, -0.2) is 56.1 Å².